The molecule has 9 heteroatoms. The lowest BCUT2D eigenvalue weighted by Gasteiger charge is -2.55. The van der Waals surface area contributed by atoms with Crippen molar-refractivity contribution in [1.29, 1.82) is 0 Å². The summed E-state index contributed by atoms with van der Waals surface area (Å²) in [5, 5.41) is 2.95. The van der Waals surface area contributed by atoms with E-state index in [1.165, 1.54) is 12.1 Å². The SMILES string of the molecule is C=CCC(F)(F)c1ccc(CC2CCC3(CC2)CN(C(=O)N2CC[C@@H]4OCC(=O)N[C@@H]4C2)C3)cn1. The standard InChI is InChI=1S/C26H34F2N4O3/c1-2-8-26(27,28)22-4-3-19(13-29-22)12-18-5-9-25(10-6-18)16-32(17-25)24(34)31-11-7-21-20(14-31)30-23(33)15-35-21/h2-4,13,18,20-21H,1,5-12,14-17H2,(H,30,33)/t20-,21+/m1/s1. The number of urea groups is 1. The van der Waals surface area contributed by atoms with Crippen molar-refractivity contribution >= 4 is 11.9 Å². The lowest BCUT2D eigenvalue weighted by Crippen LogP contribution is -2.66. The quantitative estimate of drug-likeness (QED) is 0.644. The lowest BCUT2D eigenvalue weighted by atomic mass is 9.65. The third-order valence-corrected chi connectivity index (χ3v) is 8.21. The van der Waals surface area contributed by atoms with Gasteiger partial charge in [-0.2, -0.15) is 8.78 Å². The molecule has 1 N–H and O–H groups in total. The summed E-state index contributed by atoms with van der Waals surface area (Å²) >= 11 is 0. The zero-order chi connectivity index (χ0) is 24.6. The summed E-state index contributed by atoms with van der Waals surface area (Å²) in [6.45, 7) is 6.26. The number of piperidine rings is 1. The second-order valence-corrected chi connectivity index (χ2v) is 10.8. The van der Waals surface area contributed by atoms with Crippen LogP contribution in [0.2, 0.25) is 0 Å². The predicted molar refractivity (Wildman–Crippen MR) is 126 cm³/mol. The minimum absolute atomic E-state index is 0.00444. The van der Waals surface area contributed by atoms with E-state index >= 15 is 0 Å². The summed E-state index contributed by atoms with van der Waals surface area (Å²) in [7, 11) is 0. The molecule has 0 bridgehead atoms. The number of alkyl halides is 2. The molecule has 7 nitrogen and oxygen atoms in total. The first-order valence-corrected chi connectivity index (χ1v) is 12.7. The number of likely N-dealkylation sites (tertiary alicyclic amines) is 2. The van der Waals surface area contributed by atoms with Crippen LogP contribution in [0.15, 0.2) is 31.0 Å². The summed E-state index contributed by atoms with van der Waals surface area (Å²) in [5.41, 5.74) is 1.00. The number of aromatic nitrogens is 1. The molecule has 0 unspecified atom stereocenters. The Morgan fingerprint density at radius 2 is 2.03 bits per heavy atom. The van der Waals surface area contributed by atoms with E-state index in [0.717, 1.165) is 57.2 Å². The van der Waals surface area contributed by atoms with Crippen LogP contribution in [0.5, 0.6) is 0 Å². The summed E-state index contributed by atoms with van der Waals surface area (Å²) in [6, 6.07) is 3.16. The van der Waals surface area contributed by atoms with Crippen molar-refractivity contribution in [2.45, 2.75) is 63.0 Å². The van der Waals surface area contributed by atoms with Crippen LogP contribution in [0.3, 0.4) is 0 Å². The molecule has 1 aromatic rings. The van der Waals surface area contributed by atoms with Gasteiger partial charge < -0.3 is 19.9 Å². The molecule has 5 rings (SSSR count). The molecular weight excluding hydrogens is 454 g/mol. The topological polar surface area (TPSA) is 74.8 Å². The van der Waals surface area contributed by atoms with Gasteiger partial charge in [-0.25, -0.2) is 4.79 Å². The molecule has 0 aromatic carbocycles. The van der Waals surface area contributed by atoms with Gasteiger partial charge in [0.05, 0.1) is 12.1 Å². The number of carbonyl (C=O) groups excluding carboxylic acids is 2. The van der Waals surface area contributed by atoms with Gasteiger partial charge in [0, 0.05) is 44.2 Å². The number of amides is 3. The Bertz CT molecular complexity index is 954. The van der Waals surface area contributed by atoms with Gasteiger partial charge in [-0.3, -0.25) is 9.78 Å². The summed E-state index contributed by atoms with van der Waals surface area (Å²) in [6.07, 6.45) is 8.32. The smallest absolute Gasteiger partial charge is 0.320 e. The van der Waals surface area contributed by atoms with Gasteiger partial charge in [-0.15, -0.1) is 6.58 Å². The average molecular weight is 489 g/mol. The number of nitrogens with one attached hydrogen (secondary N) is 1. The number of ether oxygens (including phenoxy) is 1. The molecule has 35 heavy (non-hydrogen) atoms. The minimum atomic E-state index is -2.97. The highest BCUT2D eigenvalue weighted by molar-refractivity contribution is 5.79. The molecule has 2 atom stereocenters. The molecule has 3 aliphatic heterocycles. The number of morpholine rings is 1. The maximum absolute atomic E-state index is 14.0. The highest BCUT2D eigenvalue weighted by Gasteiger charge is 2.48. The van der Waals surface area contributed by atoms with Crippen LogP contribution in [0.1, 0.15) is 49.8 Å². The van der Waals surface area contributed by atoms with E-state index in [4.69, 9.17) is 4.74 Å². The molecule has 4 aliphatic rings. The highest BCUT2D eigenvalue weighted by atomic mass is 19.3. The van der Waals surface area contributed by atoms with E-state index in [1.807, 2.05) is 9.80 Å². The van der Waals surface area contributed by atoms with Gasteiger partial charge >= 0.3 is 6.03 Å². The fraction of sp³-hybridized carbons (Fsp3) is 0.654. The van der Waals surface area contributed by atoms with Crippen molar-refractivity contribution in [3.63, 3.8) is 0 Å². The first kappa shape index (κ1) is 24.2. The second-order valence-electron chi connectivity index (χ2n) is 10.8. The molecule has 190 valence electrons. The van der Waals surface area contributed by atoms with Crippen molar-refractivity contribution in [2.75, 3.05) is 32.8 Å². The Balaban J connectivity index is 1.07. The monoisotopic (exact) mass is 488 g/mol. The van der Waals surface area contributed by atoms with Crippen molar-refractivity contribution in [3.05, 3.63) is 42.2 Å². The number of nitrogens with zero attached hydrogens (tertiary/aromatic N) is 3. The van der Waals surface area contributed by atoms with Crippen molar-refractivity contribution < 1.29 is 23.1 Å². The maximum Gasteiger partial charge on any atom is 0.320 e. The number of halogens is 2. The number of pyridine rings is 1. The van der Waals surface area contributed by atoms with Crippen molar-refractivity contribution in [3.8, 4) is 0 Å². The Kier molecular flexibility index (Phi) is 6.55. The van der Waals surface area contributed by atoms with E-state index in [9.17, 15) is 18.4 Å². The number of carbonyl (C=O) groups is 2. The first-order valence-electron chi connectivity index (χ1n) is 12.7. The molecule has 1 aliphatic carbocycles. The largest absolute Gasteiger partial charge is 0.366 e. The third kappa shape index (κ3) is 5.06. The Morgan fingerprint density at radius 1 is 1.26 bits per heavy atom. The van der Waals surface area contributed by atoms with E-state index in [2.05, 4.69) is 16.9 Å². The normalized spacial score (nSPS) is 26.6. The van der Waals surface area contributed by atoms with Crippen LogP contribution < -0.4 is 5.32 Å². The number of fused-ring (bicyclic) bond motifs is 1. The van der Waals surface area contributed by atoms with Crippen molar-refractivity contribution in [2.24, 2.45) is 11.3 Å². The highest BCUT2D eigenvalue weighted by Crippen LogP contribution is 2.46. The molecule has 0 radical (unpaired) electrons. The number of allylic oxidation sites excluding steroid dienone is 1. The van der Waals surface area contributed by atoms with Gasteiger partial charge in [0.2, 0.25) is 5.91 Å². The number of hydrogen-bond donors (Lipinski definition) is 1. The van der Waals surface area contributed by atoms with Crippen LogP contribution in [0.4, 0.5) is 13.6 Å². The fourth-order valence-corrected chi connectivity index (χ4v) is 6.16. The van der Waals surface area contributed by atoms with Gasteiger partial charge in [0.1, 0.15) is 12.3 Å². The molecule has 1 aromatic heterocycles. The van der Waals surface area contributed by atoms with Gasteiger partial charge in [-0.1, -0.05) is 12.1 Å². The molecule has 1 spiro atoms. The molecule has 3 amide bonds. The Hall–Kier alpha value is -2.55. The summed E-state index contributed by atoms with van der Waals surface area (Å²) in [4.78, 5) is 32.5. The average Bonchev–Trinajstić information content (AvgIpc) is 2.82. The zero-order valence-corrected chi connectivity index (χ0v) is 20.1. The van der Waals surface area contributed by atoms with Crippen LogP contribution >= 0.6 is 0 Å². The predicted octanol–water partition coefficient (Wildman–Crippen LogP) is 3.49. The summed E-state index contributed by atoms with van der Waals surface area (Å²) < 4.78 is 33.6. The molecule has 4 heterocycles. The lowest BCUT2D eigenvalue weighted by molar-refractivity contribution is -0.140. The van der Waals surface area contributed by atoms with E-state index in [-0.39, 0.29) is 41.8 Å². The number of rotatable bonds is 5. The van der Waals surface area contributed by atoms with Crippen LogP contribution in [0.25, 0.3) is 0 Å². The second kappa shape index (κ2) is 9.48. The van der Waals surface area contributed by atoms with Gasteiger partial charge in [-0.05, 0) is 56.1 Å². The molecule has 1 saturated carbocycles. The van der Waals surface area contributed by atoms with Gasteiger partial charge in [0.15, 0.2) is 0 Å². The maximum atomic E-state index is 14.0. The number of hydrogen-bond acceptors (Lipinski definition) is 4. The summed E-state index contributed by atoms with van der Waals surface area (Å²) in [5.74, 6) is -2.57. The first-order chi connectivity index (χ1) is 16.8. The van der Waals surface area contributed by atoms with E-state index < -0.39 is 12.3 Å². The van der Waals surface area contributed by atoms with Crippen LogP contribution in [-0.2, 0) is 21.9 Å². The van der Waals surface area contributed by atoms with Gasteiger partial charge in [0.25, 0.3) is 5.92 Å². The molecular formula is C26H34F2N4O3. The Labute approximate surface area is 204 Å². The minimum Gasteiger partial charge on any atom is -0.366 e. The zero-order valence-electron chi connectivity index (χ0n) is 20.1. The van der Waals surface area contributed by atoms with Crippen molar-refractivity contribution in [1.82, 2.24) is 20.1 Å². The molecule has 4 fully saturated rings. The Morgan fingerprint density at radius 3 is 2.71 bits per heavy atom. The van der Waals surface area contributed by atoms with E-state index in [0.29, 0.717) is 19.0 Å². The van der Waals surface area contributed by atoms with Crippen LogP contribution in [0, 0.1) is 11.3 Å². The van der Waals surface area contributed by atoms with E-state index in [1.54, 1.807) is 12.3 Å². The molecule has 3 saturated heterocycles. The third-order valence-electron chi connectivity index (χ3n) is 8.21. The fourth-order valence-electron chi connectivity index (χ4n) is 6.16. The van der Waals surface area contributed by atoms with Crippen LogP contribution in [-0.4, -0.2) is 71.7 Å².